The zero-order valence-electron chi connectivity index (χ0n) is 9.33. The van der Waals surface area contributed by atoms with Crippen LogP contribution in [0, 0.1) is 0 Å². The van der Waals surface area contributed by atoms with E-state index >= 15 is 0 Å². The first-order valence-electron chi connectivity index (χ1n) is 5.12. The largest absolute Gasteiger partial charge is 0.399 e. The minimum Gasteiger partial charge on any atom is -0.399 e. The maximum absolute atomic E-state index is 11.9. The number of nitrogens with two attached hydrogens (primary N) is 1. The van der Waals surface area contributed by atoms with Crippen molar-refractivity contribution in [3.63, 3.8) is 0 Å². The van der Waals surface area contributed by atoms with Crippen LogP contribution in [-0.2, 0) is 10.0 Å². The highest BCUT2D eigenvalue weighted by molar-refractivity contribution is 7.89. The van der Waals surface area contributed by atoms with Crippen LogP contribution < -0.4 is 10.5 Å². The number of rotatable bonds is 5. The first-order valence-corrected chi connectivity index (χ1v) is 7.36. The van der Waals surface area contributed by atoms with E-state index in [4.69, 9.17) is 28.9 Å². The van der Waals surface area contributed by atoms with Crippen LogP contribution in [0.5, 0.6) is 0 Å². The predicted molar refractivity (Wildman–Crippen MR) is 71.0 cm³/mol. The van der Waals surface area contributed by atoms with E-state index in [9.17, 15) is 8.42 Å². The number of anilines is 1. The molecule has 0 aliphatic heterocycles. The molecule has 0 radical (unpaired) electrons. The van der Waals surface area contributed by atoms with Crippen LogP contribution >= 0.6 is 23.2 Å². The number of hydrogen-bond acceptors (Lipinski definition) is 3. The number of halogens is 2. The molecule has 0 bridgehead atoms. The van der Waals surface area contributed by atoms with Gasteiger partial charge in [0, 0.05) is 12.2 Å². The van der Waals surface area contributed by atoms with Crippen molar-refractivity contribution in [2.24, 2.45) is 0 Å². The molecule has 0 aromatic heterocycles. The normalized spacial score (nSPS) is 11.7. The monoisotopic (exact) mass is 296 g/mol. The zero-order chi connectivity index (χ0) is 13.1. The molecule has 17 heavy (non-hydrogen) atoms. The third-order valence-corrected chi connectivity index (χ3v) is 4.49. The molecule has 0 aliphatic rings. The van der Waals surface area contributed by atoms with Crippen LogP contribution in [0.3, 0.4) is 0 Å². The van der Waals surface area contributed by atoms with Crippen molar-refractivity contribution >= 4 is 38.9 Å². The van der Waals surface area contributed by atoms with Crippen LogP contribution in [0.4, 0.5) is 5.69 Å². The average Bonchev–Trinajstić information content (AvgIpc) is 2.15. The molecular weight excluding hydrogens is 283 g/mol. The van der Waals surface area contributed by atoms with Crippen molar-refractivity contribution in [2.75, 3.05) is 12.3 Å². The van der Waals surface area contributed by atoms with E-state index in [1.165, 1.54) is 12.1 Å². The van der Waals surface area contributed by atoms with Crippen molar-refractivity contribution in [1.82, 2.24) is 4.72 Å². The lowest BCUT2D eigenvalue weighted by molar-refractivity contribution is 0.578. The van der Waals surface area contributed by atoms with Gasteiger partial charge in [0.1, 0.15) is 4.90 Å². The Hall–Kier alpha value is -0.490. The molecule has 0 unspecified atom stereocenters. The van der Waals surface area contributed by atoms with Crippen molar-refractivity contribution in [3.8, 4) is 0 Å². The van der Waals surface area contributed by atoms with Gasteiger partial charge in [-0.2, -0.15) is 0 Å². The Balaban J connectivity index is 3.07. The second kappa shape index (κ2) is 5.91. The zero-order valence-corrected chi connectivity index (χ0v) is 11.7. The molecule has 0 atom stereocenters. The lowest BCUT2D eigenvalue weighted by Crippen LogP contribution is -2.25. The summed E-state index contributed by atoms with van der Waals surface area (Å²) in [6.45, 7) is 2.33. The Labute approximate surface area is 111 Å². The summed E-state index contributed by atoms with van der Waals surface area (Å²) in [7, 11) is -3.68. The first-order chi connectivity index (χ1) is 7.88. The minimum atomic E-state index is -3.68. The quantitative estimate of drug-likeness (QED) is 0.648. The molecule has 0 saturated heterocycles. The van der Waals surface area contributed by atoms with Gasteiger partial charge in [-0.1, -0.05) is 36.5 Å². The highest BCUT2D eigenvalue weighted by Crippen LogP contribution is 2.31. The molecule has 1 aromatic carbocycles. The Kier molecular flexibility index (Phi) is 5.06. The molecule has 1 rings (SSSR count). The van der Waals surface area contributed by atoms with E-state index in [-0.39, 0.29) is 14.9 Å². The van der Waals surface area contributed by atoms with Gasteiger partial charge in [-0.25, -0.2) is 13.1 Å². The number of benzene rings is 1. The molecule has 0 spiro atoms. The molecule has 4 nitrogen and oxygen atoms in total. The fourth-order valence-corrected chi connectivity index (χ4v) is 3.59. The maximum Gasteiger partial charge on any atom is 0.243 e. The van der Waals surface area contributed by atoms with Gasteiger partial charge in [0.25, 0.3) is 0 Å². The van der Waals surface area contributed by atoms with Gasteiger partial charge < -0.3 is 5.73 Å². The molecule has 3 N–H and O–H groups in total. The number of hydrogen-bond donors (Lipinski definition) is 2. The smallest absolute Gasteiger partial charge is 0.243 e. The van der Waals surface area contributed by atoms with Crippen LogP contribution in [0.1, 0.15) is 19.8 Å². The van der Waals surface area contributed by atoms with Gasteiger partial charge in [0.15, 0.2) is 0 Å². The van der Waals surface area contributed by atoms with Crippen molar-refractivity contribution < 1.29 is 8.42 Å². The molecule has 0 heterocycles. The third kappa shape index (κ3) is 3.74. The summed E-state index contributed by atoms with van der Waals surface area (Å²) in [5.41, 5.74) is 5.84. The minimum absolute atomic E-state index is 0.0269. The topological polar surface area (TPSA) is 72.2 Å². The van der Waals surface area contributed by atoms with Crippen molar-refractivity contribution in [1.29, 1.82) is 0 Å². The molecule has 0 fully saturated rings. The first kappa shape index (κ1) is 14.6. The lowest BCUT2D eigenvalue weighted by atomic mass is 10.3. The summed E-state index contributed by atoms with van der Waals surface area (Å²) in [6, 6.07) is 2.73. The van der Waals surface area contributed by atoms with Gasteiger partial charge in [-0.3, -0.25) is 0 Å². The summed E-state index contributed by atoms with van der Waals surface area (Å²) in [6.07, 6.45) is 1.65. The lowest BCUT2D eigenvalue weighted by Gasteiger charge is -2.10. The molecule has 0 saturated carbocycles. The van der Waals surface area contributed by atoms with Crippen molar-refractivity contribution in [2.45, 2.75) is 24.7 Å². The molecule has 0 amide bonds. The molecule has 1 aromatic rings. The van der Waals surface area contributed by atoms with Gasteiger partial charge >= 0.3 is 0 Å². The van der Waals surface area contributed by atoms with E-state index in [0.717, 1.165) is 12.8 Å². The van der Waals surface area contributed by atoms with E-state index in [2.05, 4.69) is 4.72 Å². The van der Waals surface area contributed by atoms with Gasteiger partial charge in [0.2, 0.25) is 10.0 Å². The summed E-state index contributed by atoms with van der Waals surface area (Å²) in [5.74, 6) is 0. The van der Waals surface area contributed by atoms with Gasteiger partial charge in [-0.05, 0) is 18.6 Å². The molecule has 7 heteroatoms. The Morgan fingerprint density at radius 2 is 1.82 bits per heavy atom. The van der Waals surface area contributed by atoms with E-state index in [1.807, 2.05) is 6.92 Å². The van der Waals surface area contributed by atoms with E-state index in [0.29, 0.717) is 12.2 Å². The average molecular weight is 297 g/mol. The number of nitrogen functional groups attached to an aromatic ring is 1. The van der Waals surface area contributed by atoms with E-state index < -0.39 is 10.0 Å². The standard InChI is InChI=1S/C10H14Cl2N2O2S/c1-2-3-4-14-17(15,16)10-8(11)5-7(13)6-9(10)12/h5-6,14H,2-4,13H2,1H3. The van der Waals surface area contributed by atoms with Crippen LogP contribution in [0.15, 0.2) is 17.0 Å². The van der Waals surface area contributed by atoms with Crippen LogP contribution in [0.25, 0.3) is 0 Å². The number of nitrogens with one attached hydrogen (secondary N) is 1. The third-order valence-electron chi connectivity index (χ3n) is 2.11. The Morgan fingerprint density at radius 1 is 1.29 bits per heavy atom. The fraction of sp³-hybridized carbons (Fsp3) is 0.400. The Bertz CT molecular complexity index is 480. The molecule has 96 valence electrons. The van der Waals surface area contributed by atoms with Crippen molar-refractivity contribution in [3.05, 3.63) is 22.2 Å². The summed E-state index contributed by atoms with van der Waals surface area (Å²) >= 11 is 11.7. The second-order valence-electron chi connectivity index (χ2n) is 3.57. The van der Waals surface area contributed by atoms with Crippen LogP contribution in [-0.4, -0.2) is 15.0 Å². The van der Waals surface area contributed by atoms with Crippen LogP contribution in [0.2, 0.25) is 10.0 Å². The summed E-state index contributed by atoms with van der Waals surface area (Å²) in [5, 5.41) is 0.0537. The maximum atomic E-state index is 11.9. The highest BCUT2D eigenvalue weighted by atomic mass is 35.5. The number of sulfonamides is 1. The second-order valence-corrected chi connectivity index (χ2v) is 6.08. The summed E-state index contributed by atoms with van der Waals surface area (Å²) < 4.78 is 26.3. The SMILES string of the molecule is CCCCNS(=O)(=O)c1c(Cl)cc(N)cc1Cl. The Morgan fingerprint density at radius 3 is 2.29 bits per heavy atom. The highest BCUT2D eigenvalue weighted by Gasteiger charge is 2.21. The van der Waals surface area contributed by atoms with Gasteiger partial charge in [0.05, 0.1) is 10.0 Å². The summed E-state index contributed by atoms with van der Waals surface area (Å²) in [4.78, 5) is -0.119. The van der Waals surface area contributed by atoms with Gasteiger partial charge in [-0.15, -0.1) is 0 Å². The predicted octanol–water partition coefficient (Wildman–Crippen LogP) is 2.65. The number of unbranched alkanes of at least 4 members (excludes halogenated alkanes) is 1. The van der Waals surface area contributed by atoms with E-state index in [1.54, 1.807) is 0 Å². The fourth-order valence-electron chi connectivity index (χ4n) is 1.29. The molecule has 0 aliphatic carbocycles. The molecular formula is C10H14Cl2N2O2S.